The van der Waals surface area contributed by atoms with Crippen LogP contribution in [0, 0.1) is 5.82 Å². The first kappa shape index (κ1) is 9.00. The molecular formula is C9H12FNO. The van der Waals surface area contributed by atoms with Crippen LogP contribution in [0.2, 0.25) is 0 Å². The fourth-order valence-corrected chi connectivity index (χ4v) is 0.784. The number of hydrogen-bond donors (Lipinski definition) is 1. The molecule has 0 fully saturated rings. The van der Waals surface area contributed by atoms with Gasteiger partial charge >= 0.3 is 0 Å². The third-order valence-corrected chi connectivity index (χ3v) is 1.31. The molecule has 1 rings (SSSR count). The van der Waals surface area contributed by atoms with Crippen LogP contribution in [0.3, 0.4) is 0 Å². The van der Waals surface area contributed by atoms with Gasteiger partial charge < -0.3 is 10.5 Å². The number of rotatable bonds is 3. The second kappa shape index (κ2) is 4.07. The van der Waals surface area contributed by atoms with Gasteiger partial charge in [-0.25, -0.2) is 4.39 Å². The molecule has 2 nitrogen and oxygen atoms in total. The van der Waals surface area contributed by atoms with Gasteiger partial charge in [-0.1, -0.05) is 6.07 Å². The van der Waals surface area contributed by atoms with Crippen molar-refractivity contribution >= 4 is 0 Å². The van der Waals surface area contributed by atoms with E-state index in [4.69, 9.17) is 10.5 Å². The van der Waals surface area contributed by atoms with Gasteiger partial charge in [-0.05, 0) is 19.1 Å². The van der Waals surface area contributed by atoms with E-state index in [2.05, 4.69) is 0 Å². The Bertz CT molecular complexity index is 250. The molecule has 0 heterocycles. The lowest BCUT2D eigenvalue weighted by Gasteiger charge is -2.07. The Morgan fingerprint density at radius 3 is 2.92 bits per heavy atom. The highest BCUT2D eigenvalue weighted by molar-refractivity contribution is 5.22. The minimum absolute atomic E-state index is 0.0340. The van der Waals surface area contributed by atoms with Crippen LogP contribution in [0.15, 0.2) is 24.3 Å². The van der Waals surface area contributed by atoms with Crippen LogP contribution in [0.4, 0.5) is 4.39 Å². The SMILES string of the molecule is CC(N)COc1cccc(F)c1. The van der Waals surface area contributed by atoms with Crippen LogP contribution in [-0.2, 0) is 0 Å². The van der Waals surface area contributed by atoms with Crippen molar-refractivity contribution in [3.8, 4) is 5.75 Å². The topological polar surface area (TPSA) is 35.2 Å². The minimum Gasteiger partial charge on any atom is -0.492 e. The van der Waals surface area contributed by atoms with E-state index >= 15 is 0 Å². The first-order valence-electron chi connectivity index (χ1n) is 3.82. The normalized spacial score (nSPS) is 12.6. The lowest BCUT2D eigenvalue weighted by atomic mass is 10.3. The zero-order valence-corrected chi connectivity index (χ0v) is 6.96. The van der Waals surface area contributed by atoms with Gasteiger partial charge in [0.25, 0.3) is 0 Å². The molecule has 66 valence electrons. The van der Waals surface area contributed by atoms with E-state index in [1.807, 2.05) is 6.92 Å². The Balaban J connectivity index is 2.52. The van der Waals surface area contributed by atoms with Gasteiger partial charge in [0.15, 0.2) is 0 Å². The minimum atomic E-state index is -0.294. The van der Waals surface area contributed by atoms with Crippen LogP contribution in [0.1, 0.15) is 6.92 Å². The maximum absolute atomic E-state index is 12.6. The third-order valence-electron chi connectivity index (χ3n) is 1.31. The van der Waals surface area contributed by atoms with Gasteiger partial charge in [-0.2, -0.15) is 0 Å². The van der Waals surface area contributed by atoms with Crippen LogP contribution < -0.4 is 10.5 Å². The maximum atomic E-state index is 12.6. The van der Waals surface area contributed by atoms with E-state index < -0.39 is 0 Å². The summed E-state index contributed by atoms with van der Waals surface area (Å²) in [5.41, 5.74) is 5.46. The highest BCUT2D eigenvalue weighted by Crippen LogP contribution is 2.11. The molecule has 1 atom stereocenters. The summed E-state index contributed by atoms with van der Waals surface area (Å²) >= 11 is 0. The zero-order valence-electron chi connectivity index (χ0n) is 6.96. The fourth-order valence-electron chi connectivity index (χ4n) is 0.784. The molecule has 1 unspecified atom stereocenters. The molecule has 0 aromatic heterocycles. The van der Waals surface area contributed by atoms with E-state index in [0.29, 0.717) is 12.4 Å². The second-order valence-electron chi connectivity index (χ2n) is 2.75. The molecule has 0 amide bonds. The quantitative estimate of drug-likeness (QED) is 0.745. The van der Waals surface area contributed by atoms with E-state index in [9.17, 15) is 4.39 Å². The van der Waals surface area contributed by atoms with Gasteiger partial charge in [0.2, 0.25) is 0 Å². The fraction of sp³-hybridized carbons (Fsp3) is 0.333. The summed E-state index contributed by atoms with van der Waals surface area (Å²) in [5.74, 6) is 0.226. The Morgan fingerprint density at radius 2 is 2.33 bits per heavy atom. The maximum Gasteiger partial charge on any atom is 0.126 e. The largest absolute Gasteiger partial charge is 0.492 e. The van der Waals surface area contributed by atoms with Gasteiger partial charge in [0, 0.05) is 12.1 Å². The third kappa shape index (κ3) is 2.88. The summed E-state index contributed by atoms with van der Waals surface area (Å²) in [4.78, 5) is 0. The van der Waals surface area contributed by atoms with Crippen molar-refractivity contribution in [3.63, 3.8) is 0 Å². The molecule has 0 aliphatic heterocycles. The Labute approximate surface area is 71.1 Å². The molecule has 0 aliphatic carbocycles. The average molecular weight is 169 g/mol. The Morgan fingerprint density at radius 1 is 1.58 bits per heavy atom. The zero-order chi connectivity index (χ0) is 8.97. The smallest absolute Gasteiger partial charge is 0.126 e. The van der Waals surface area contributed by atoms with Gasteiger partial charge in [0.1, 0.15) is 18.2 Å². The molecule has 0 aliphatic rings. The van der Waals surface area contributed by atoms with Crippen molar-refractivity contribution in [2.24, 2.45) is 5.73 Å². The van der Waals surface area contributed by atoms with Crippen molar-refractivity contribution < 1.29 is 9.13 Å². The molecule has 2 N–H and O–H groups in total. The highest BCUT2D eigenvalue weighted by Gasteiger charge is 1.97. The molecule has 12 heavy (non-hydrogen) atoms. The van der Waals surface area contributed by atoms with Crippen molar-refractivity contribution in [3.05, 3.63) is 30.1 Å². The molecule has 0 radical (unpaired) electrons. The molecule has 3 heteroatoms. The molecule has 1 aromatic rings. The summed E-state index contributed by atoms with van der Waals surface area (Å²) in [5, 5.41) is 0. The Hall–Kier alpha value is -1.09. The van der Waals surface area contributed by atoms with Crippen molar-refractivity contribution in [2.45, 2.75) is 13.0 Å². The highest BCUT2D eigenvalue weighted by atomic mass is 19.1. The Kier molecular flexibility index (Phi) is 3.05. The molecule has 0 saturated carbocycles. The predicted molar refractivity (Wildman–Crippen MR) is 45.5 cm³/mol. The van der Waals surface area contributed by atoms with Crippen LogP contribution in [-0.4, -0.2) is 12.6 Å². The van der Waals surface area contributed by atoms with Crippen LogP contribution in [0.5, 0.6) is 5.75 Å². The summed E-state index contributed by atoms with van der Waals surface area (Å²) in [6.45, 7) is 2.24. The van der Waals surface area contributed by atoms with E-state index in [0.717, 1.165) is 0 Å². The van der Waals surface area contributed by atoms with E-state index in [1.165, 1.54) is 12.1 Å². The summed E-state index contributed by atoms with van der Waals surface area (Å²) < 4.78 is 17.8. The average Bonchev–Trinajstić information content (AvgIpc) is 2.01. The second-order valence-corrected chi connectivity index (χ2v) is 2.75. The summed E-state index contributed by atoms with van der Waals surface area (Å²) in [6, 6.07) is 5.98. The monoisotopic (exact) mass is 169 g/mol. The van der Waals surface area contributed by atoms with Crippen molar-refractivity contribution in [1.82, 2.24) is 0 Å². The van der Waals surface area contributed by atoms with Crippen LogP contribution >= 0.6 is 0 Å². The van der Waals surface area contributed by atoms with Crippen molar-refractivity contribution in [2.75, 3.05) is 6.61 Å². The molecular weight excluding hydrogens is 157 g/mol. The van der Waals surface area contributed by atoms with Gasteiger partial charge in [-0.15, -0.1) is 0 Å². The number of hydrogen-bond acceptors (Lipinski definition) is 2. The predicted octanol–water partition coefficient (Wildman–Crippen LogP) is 1.55. The summed E-state index contributed by atoms with van der Waals surface area (Å²) in [7, 11) is 0. The molecule has 1 aromatic carbocycles. The number of nitrogens with two attached hydrogens (primary N) is 1. The molecule has 0 bridgehead atoms. The summed E-state index contributed by atoms with van der Waals surface area (Å²) in [6.07, 6.45) is 0. The number of halogens is 1. The van der Waals surface area contributed by atoms with Crippen molar-refractivity contribution in [1.29, 1.82) is 0 Å². The van der Waals surface area contributed by atoms with Gasteiger partial charge in [-0.3, -0.25) is 0 Å². The van der Waals surface area contributed by atoms with E-state index in [-0.39, 0.29) is 11.9 Å². The van der Waals surface area contributed by atoms with Crippen LogP contribution in [0.25, 0.3) is 0 Å². The lowest BCUT2D eigenvalue weighted by Crippen LogP contribution is -2.23. The van der Waals surface area contributed by atoms with Gasteiger partial charge in [0.05, 0.1) is 0 Å². The molecule has 0 saturated heterocycles. The van der Waals surface area contributed by atoms with E-state index in [1.54, 1.807) is 12.1 Å². The first-order chi connectivity index (χ1) is 5.68. The lowest BCUT2D eigenvalue weighted by molar-refractivity contribution is 0.295. The standard InChI is InChI=1S/C9H12FNO/c1-7(11)6-12-9-4-2-3-8(10)5-9/h2-5,7H,6,11H2,1H3. The molecule has 0 spiro atoms. The number of ether oxygens (including phenoxy) is 1. The first-order valence-corrected chi connectivity index (χ1v) is 3.82. The number of benzene rings is 1.